The molecule has 0 bridgehead atoms. The van der Waals surface area contributed by atoms with Gasteiger partial charge in [0, 0.05) is 19.0 Å². The van der Waals surface area contributed by atoms with Gasteiger partial charge in [-0.1, -0.05) is 13.8 Å². The van der Waals surface area contributed by atoms with Crippen molar-refractivity contribution in [3.05, 3.63) is 0 Å². The maximum absolute atomic E-state index is 10.6. The molecule has 0 aromatic heterocycles. The van der Waals surface area contributed by atoms with Crippen molar-refractivity contribution in [2.45, 2.75) is 32.7 Å². The Kier molecular flexibility index (Phi) is 5.84. The minimum Gasteiger partial charge on any atom is -0.355 e. The second-order valence-electron chi connectivity index (χ2n) is 2.33. The predicted octanol–water partition coefficient (Wildman–Crippen LogP) is 0.511. The van der Waals surface area contributed by atoms with Crippen molar-refractivity contribution in [1.29, 1.82) is 0 Å². The maximum atomic E-state index is 10.6. The van der Waals surface area contributed by atoms with Gasteiger partial charge in [-0.05, 0) is 13.5 Å². The molecule has 1 heterocycles. The predicted molar refractivity (Wildman–Crippen MR) is 46.4 cm³/mol. The van der Waals surface area contributed by atoms with Crippen molar-refractivity contribution in [3.63, 3.8) is 0 Å². The number of carbonyl (C=O) groups excluding carboxylic acids is 1. The number of hydrogen-bond donors (Lipinski definition) is 2. The topological polar surface area (TPSA) is 41.1 Å². The minimum absolute atomic E-state index is 0.182. The summed E-state index contributed by atoms with van der Waals surface area (Å²) in [6, 6.07) is 0.489. The van der Waals surface area contributed by atoms with E-state index in [1.807, 2.05) is 20.9 Å². The average Bonchev–Trinajstić information content (AvgIpc) is 2.10. The normalized spacial score (nSPS) is 23.2. The molecular formula is C8H18N2O. The summed E-state index contributed by atoms with van der Waals surface area (Å²) >= 11 is 0. The van der Waals surface area contributed by atoms with Crippen molar-refractivity contribution < 1.29 is 4.79 Å². The third-order valence-corrected chi connectivity index (χ3v) is 1.67. The van der Waals surface area contributed by atoms with E-state index in [-0.39, 0.29) is 5.91 Å². The smallest absolute Gasteiger partial charge is 0.220 e. The number of nitrogens with one attached hydrogen (secondary N) is 2. The van der Waals surface area contributed by atoms with Crippen LogP contribution < -0.4 is 10.6 Å². The number of carbonyl (C=O) groups is 1. The Morgan fingerprint density at radius 2 is 2.18 bits per heavy atom. The van der Waals surface area contributed by atoms with Crippen molar-refractivity contribution in [3.8, 4) is 0 Å². The van der Waals surface area contributed by atoms with Crippen LogP contribution in [0.4, 0.5) is 0 Å². The molecule has 11 heavy (non-hydrogen) atoms. The largest absolute Gasteiger partial charge is 0.355 e. The molecule has 66 valence electrons. The van der Waals surface area contributed by atoms with Crippen molar-refractivity contribution in [2.24, 2.45) is 0 Å². The standard InChI is InChI=1S/C6H12N2O.C2H6/c1-7-5-2-3-6(9)8-4-5;1-2/h5,7H,2-4H2,1H3,(H,8,9);1-2H3. The zero-order valence-electron chi connectivity index (χ0n) is 7.61. The summed E-state index contributed by atoms with van der Waals surface area (Å²) in [6.45, 7) is 4.79. The second kappa shape index (κ2) is 6.16. The van der Waals surface area contributed by atoms with Crippen LogP contribution in [-0.2, 0) is 4.79 Å². The van der Waals surface area contributed by atoms with E-state index in [9.17, 15) is 4.79 Å². The molecule has 0 aliphatic carbocycles. The molecule has 1 unspecified atom stereocenters. The van der Waals surface area contributed by atoms with Crippen LogP contribution in [0.15, 0.2) is 0 Å². The first kappa shape index (κ1) is 10.4. The molecule has 0 saturated carbocycles. The second-order valence-corrected chi connectivity index (χ2v) is 2.33. The van der Waals surface area contributed by atoms with E-state index in [1.165, 1.54) is 0 Å². The highest BCUT2D eigenvalue weighted by Crippen LogP contribution is 2.00. The Hall–Kier alpha value is -0.570. The van der Waals surface area contributed by atoms with Crippen LogP contribution in [0.1, 0.15) is 26.7 Å². The molecule has 0 aromatic carbocycles. The molecule has 3 heteroatoms. The highest BCUT2D eigenvalue weighted by Gasteiger charge is 2.14. The maximum Gasteiger partial charge on any atom is 0.220 e. The number of rotatable bonds is 1. The van der Waals surface area contributed by atoms with Crippen LogP contribution in [0.25, 0.3) is 0 Å². The van der Waals surface area contributed by atoms with Gasteiger partial charge in [0.05, 0.1) is 0 Å². The lowest BCUT2D eigenvalue weighted by molar-refractivity contribution is -0.122. The SMILES string of the molecule is CC.CNC1CCC(=O)NC1. The summed E-state index contributed by atoms with van der Waals surface area (Å²) in [5.41, 5.74) is 0. The summed E-state index contributed by atoms with van der Waals surface area (Å²) in [7, 11) is 1.92. The Morgan fingerprint density at radius 3 is 2.55 bits per heavy atom. The van der Waals surface area contributed by atoms with Gasteiger partial charge in [-0.2, -0.15) is 0 Å². The molecule has 1 aliphatic heterocycles. The zero-order chi connectivity index (χ0) is 8.69. The fourth-order valence-electron chi connectivity index (χ4n) is 0.979. The molecule has 1 aliphatic rings. The van der Waals surface area contributed by atoms with Gasteiger partial charge in [-0.3, -0.25) is 4.79 Å². The van der Waals surface area contributed by atoms with E-state index in [0.29, 0.717) is 12.5 Å². The lowest BCUT2D eigenvalue weighted by atomic mass is 10.1. The number of likely N-dealkylation sites (N-methyl/N-ethyl adjacent to an activating group) is 1. The van der Waals surface area contributed by atoms with Crippen LogP contribution in [0.3, 0.4) is 0 Å². The van der Waals surface area contributed by atoms with Crippen molar-refractivity contribution in [2.75, 3.05) is 13.6 Å². The first-order valence-corrected chi connectivity index (χ1v) is 4.27. The van der Waals surface area contributed by atoms with Gasteiger partial charge < -0.3 is 10.6 Å². The molecule has 0 aromatic rings. The van der Waals surface area contributed by atoms with Gasteiger partial charge in [0.1, 0.15) is 0 Å². The van der Waals surface area contributed by atoms with Gasteiger partial charge in [0.15, 0.2) is 0 Å². The van der Waals surface area contributed by atoms with Gasteiger partial charge in [0.2, 0.25) is 5.91 Å². The van der Waals surface area contributed by atoms with Crippen LogP contribution >= 0.6 is 0 Å². The first-order valence-electron chi connectivity index (χ1n) is 4.27. The summed E-state index contributed by atoms with van der Waals surface area (Å²) < 4.78 is 0. The molecular weight excluding hydrogens is 140 g/mol. The summed E-state index contributed by atoms with van der Waals surface area (Å²) in [6.07, 6.45) is 1.65. The number of amides is 1. The summed E-state index contributed by atoms with van der Waals surface area (Å²) in [4.78, 5) is 10.6. The van der Waals surface area contributed by atoms with Crippen LogP contribution in [0.5, 0.6) is 0 Å². The third kappa shape index (κ3) is 3.98. The van der Waals surface area contributed by atoms with Crippen molar-refractivity contribution in [1.82, 2.24) is 10.6 Å². The number of piperidine rings is 1. The van der Waals surface area contributed by atoms with Gasteiger partial charge in [-0.25, -0.2) is 0 Å². The monoisotopic (exact) mass is 158 g/mol. The van der Waals surface area contributed by atoms with Crippen LogP contribution in [-0.4, -0.2) is 25.5 Å². The Morgan fingerprint density at radius 1 is 1.55 bits per heavy atom. The fourth-order valence-corrected chi connectivity index (χ4v) is 0.979. The Bertz CT molecular complexity index is 105. The molecule has 1 rings (SSSR count). The average molecular weight is 158 g/mol. The highest BCUT2D eigenvalue weighted by molar-refractivity contribution is 5.76. The lowest BCUT2D eigenvalue weighted by Gasteiger charge is -2.21. The summed E-state index contributed by atoms with van der Waals surface area (Å²) in [5.74, 6) is 0.182. The lowest BCUT2D eigenvalue weighted by Crippen LogP contribution is -2.44. The van der Waals surface area contributed by atoms with E-state index in [1.54, 1.807) is 0 Å². The molecule has 3 nitrogen and oxygen atoms in total. The van der Waals surface area contributed by atoms with Crippen LogP contribution in [0, 0.1) is 0 Å². The van der Waals surface area contributed by atoms with Gasteiger partial charge >= 0.3 is 0 Å². The van der Waals surface area contributed by atoms with Gasteiger partial charge in [-0.15, -0.1) is 0 Å². The minimum atomic E-state index is 0.182. The van der Waals surface area contributed by atoms with E-state index in [0.717, 1.165) is 13.0 Å². The molecule has 1 amide bonds. The first-order chi connectivity index (χ1) is 5.33. The zero-order valence-corrected chi connectivity index (χ0v) is 7.61. The molecule has 1 fully saturated rings. The van der Waals surface area contributed by atoms with Gasteiger partial charge in [0.25, 0.3) is 0 Å². The molecule has 0 radical (unpaired) electrons. The van der Waals surface area contributed by atoms with E-state index >= 15 is 0 Å². The van der Waals surface area contributed by atoms with Crippen molar-refractivity contribution >= 4 is 5.91 Å². The molecule has 1 atom stereocenters. The Labute approximate surface area is 68.6 Å². The molecule has 0 spiro atoms. The van der Waals surface area contributed by atoms with Crippen LogP contribution in [0.2, 0.25) is 0 Å². The highest BCUT2D eigenvalue weighted by atomic mass is 16.1. The Balaban J connectivity index is 0.000000461. The molecule has 2 N–H and O–H groups in total. The van der Waals surface area contributed by atoms with E-state index in [2.05, 4.69) is 10.6 Å². The van der Waals surface area contributed by atoms with E-state index < -0.39 is 0 Å². The third-order valence-electron chi connectivity index (χ3n) is 1.67. The molecule has 1 saturated heterocycles. The van der Waals surface area contributed by atoms with E-state index in [4.69, 9.17) is 0 Å². The number of hydrogen-bond acceptors (Lipinski definition) is 2. The summed E-state index contributed by atoms with van der Waals surface area (Å²) in [5, 5.41) is 5.89. The quantitative estimate of drug-likeness (QED) is 0.584. The fraction of sp³-hybridized carbons (Fsp3) is 0.875.